The van der Waals surface area contributed by atoms with Crippen LogP contribution < -0.4 is 5.43 Å². The van der Waals surface area contributed by atoms with E-state index in [2.05, 4.69) is 5.10 Å². The lowest BCUT2D eigenvalue weighted by Crippen LogP contribution is -2.03. The number of para-hydroxylation sites is 1. The number of hydrogen-bond donors (Lipinski definition) is 1. The normalized spacial score (nSPS) is 10.9. The highest BCUT2D eigenvalue weighted by molar-refractivity contribution is 5.85. The van der Waals surface area contributed by atoms with Gasteiger partial charge < -0.3 is 0 Å². The fourth-order valence-electron chi connectivity index (χ4n) is 1.60. The van der Waals surface area contributed by atoms with Crippen LogP contribution in [-0.4, -0.2) is 11.1 Å². The number of nitrogens with one attached hydrogen (secondary N) is 1. The van der Waals surface area contributed by atoms with Crippen LogP contribution in [0.3, 0.4) is 0 Å². The van der Waals surface area contributed by atoms with Crippen molar-refractivity contribution >= 4 is 17.6 Å². The fraction of sp³-hybridized carbons (Fsp3) is 0. The topological polar surface area (TPSA) is 67.5 Å². The number of hydrogen-bond acceptors (Lipinski definition) is 4. The first-order chi connectivity index (χ1) is 10.4. The van der Waals surface area contributed by atoms with E-state index in [1.807, 2.05) is 0 Å². The summed E-state index contributed by atoms with van der Waals surface area (Å²) in [5.41, 5.74) is 0.410. The van der Waals surface area contributed by atoms with Gasteiger partial charge in [0.2, 0.25) is 0 Å². The second-order valence-electron chi connectivity index (χ2n) is 4.03. The molecule has 0 atom stereocenters. The Labute approximate surface area is 121 Å². The Morgan fingerprint density at radius 3 is 2.27 bits per heavy atom. The Morgan fingerprint density at radius 1 is 1.09 bits per heavy atom. The quantitative estimate of drug-likeness (QED) is 0.308. The molecule has 0 amide bonds. The van der Waals surface area contributed by atoms with Gasteiger partial charge in [0.15, 0.2) is 23.3 Å². The van der Waals surface area contributed by atoms with Gasteiger partial charge in [0.25, 0.3) is 5.69 Å². The molecule has 2 aromatic carbocycles. The van der Waals surface area contributed by atoms with Gasteiger partial charge in [-0.2, -0.15) is 5.10 Å². The lowest BCUT2D eigenvalue weighted by molar-refractivity contribution is -0.385. The van der Waals surface area contributed by atoms with Crippen molar-refractivity contribution in [2.24, 2.45) is 5.10 Å². The molecule has 0 saturated carbocycles. The van der Waals surface area contributed by atoms with Gasteiger partial charge in [0.05, 0.1) is 16.7 Å². The summed E-state index contributed by atoms with van der Waals surface area (Å²) >= 11 is 0. The first kappa shape index (κ1) is 15.4. The number of nitrogens with zero attached hydrogens (tertiary/aromatic N) is 2. The molecule has 0 fully saturated rings. The number of nitro benzene ring substituents is 1. The van der Waals surface area contributed by atoms with Crippen LogP contribution in [0.5, 0.6) is 0 Å². The molecule has 0 aromatic heterocycles. The Morgan fingerprint density at radius 2 is 1.68 bits per heavy atom. The third kappa shape index (κ3) is 3.03. The molecule has 0 saturated heterocycles. The highest BCUT2D eigenvalue weighted by Crippen LogP contribution is 2.24. The van der Waals surface area contributed by atoms with Crippen molar-refractivity contribution in [2.75, 3.05) is 5.43 Å². The molecule has 114 valence electrons. The maximum Gasteiger partial charge on any atom is 0.278 e. The zero-order valence-electron chi connectivity index (χ0n) is 10.7. The molecule has 2 aromatic rings. The molecule has 0 radical (unpaired) electrons. The summed E-state index contributed by atoms with van der Waals surface area (Å²) in [6.45, 7) is 0. The molecule has 0 aliphatic rings. The standard InChI is InChI=1S/C13H7F4N3O2/c14-8-5-9(15)12(17)13(11(8)16)19-18-6-7-3-1-2-4-10(7)20(21)22/h1-6,19H/b18-6+. The van der Waals surface area contributed by atoms with Crippen molar-refractivity contribution < 1.29 is 22.5 Å². The number of nitro groups is 1. The molecule has 22 heavy (non-hydrogen) atoms. The predicted molar refractivity (Wildman–Crippen MR) is 70.6 cm³/mol. The van der Waals surface area contributed by atoms with Crippen LogP contribution in [0.4, 0.5) is 28.9 Å². The van der Waals surface area contributed by atoms with Crippen LogP contribution >= 0.6 is 0 Å². The van der Waals surface area contributed by atoms with Gasteiger partial charge in [0, 0.05) is 12.1 Å². The summed E-state index contributed by atoms with van der Waals surface area (Å²) in [4.78, 5) is 10.1. The van der Waals surface area contributed by atoms with Gasteiger partial charge in [-0.05, 0) is 6.07 Å². The van der Waals surface area contributed by atoms with E-state index in [9.17, 15) is 27.7 Å². The highest BCUT2D eigenvalue weighted by atomic mass is 19.2. The summed E-state index contributed by atoms with van der Waals surface area (Å²) in [6.07, 6.45) is 0.903. The zero-order valence-corrected chi connectivity index (χ0v) is 10.7. The van der Waals surface area contributed by atoms with Crippen LogP contribution in [0.15, 0.2) is 35.4 Å². The van der Waals surface area contributed by atoms with E-state index in [1.54, 1.807) is 5.43 Å². The average molecular weight is 313 g/mol. The minimum Gasteiger partial charge on any atom is -0.272 e. The van der Waals surface area contributed by atoms with E-state index in [0.717, 1.165) is 6.21 Å². The Balaban J connectivity index is 2.30. The first-order valence-corrected chi connectivity index (χ1v) is 5.77. The average Bonchev–Trinajstić information content (AvgIpc) is 2.49. The maximum absolute atomic E-state index is 13.3. The molecular weight excluding hydrogens is 306 g/mol. The Hall–Kier alpha value is -2.97. The zero-order chi connectivity index (χ0) is 16.3. The lowest BCUT2D eigenvalue weighted by Gasteiger charge is -2.05. The van der Waals surface area contributed by atoms with Gasteiger partial charge >= 0.3 is 0 Å². The summed E-state index contributed by atoms with van der Waals surface area (Å²) in [5.74, 6) is -6.50. The SMILES string of the molecule is O=[N+]([O-])c1ccccc1/C=N/Nc1c(F)c(F)cc(F)c1F. The van der Waals surface area contributed by atoms with Crippen molar-refractivity contribution in [2.45, 2.75) is 0 Å². The largest absolute Gasteiger partial charge is 0.278 e. The smallest absolute Gasteiger partial charge is 0.272 e. The van der Waals surface area contributed by atoms with Crippen molar-refractivity contribution in [1.82, 2.24) is 0 Å². The molecule has 0 bridgehead atoms. The second-order valence-corrected chi connectivity index (χ2v) is 4.03. The summed E-state index contributed by atoms with van der Waals surface area (Å²) in [6, 6.07) is 5.50. The molecule has 0 aliphatic heterocycles. The lowest BCUT2D eigenvalue weighted by atomic mass is 10.2. The second kappa shape index (κ2) is 6.20. The van der Waals surface area contributed by atoms with Crippen molar-refractivity contribution in [1.29, 1.82) is 0 Å². The van der Waals surface area contributed by atoms with Crippen LogP contribution in [0.25, 0.3) is 0 Å². The molecule has 0 heterocycles. The van der Waals surface area contributed by atoms with Crippen molar-refractivity contribution in [3.8, 4) is 0 Å². The Kier molecular flexibility index (Phi) is 4.35. The Bertz CT molecular complexity index is 739. The molecule has 2 rings (SSSR count). The number of anilines is 1. The molecule has 9 heteroatoms. The number of benzene rings is 2. The molecule has 5 nitrogen and oxygen atoms in total. The third-order valence-corrected chi connectivity index (χ3v) is 2.63. The van der Waals surface area contributed by atoms with Crippen LogP contribution in [0.2, 0.25) is 0 Å². The summed E-state index contributed by atoms with van der Waals surface area (Å²) < 4.78 is 52.7. The van der Waals surface area contributed by atoms with Gasteiger partial charge in [-0.1, -0.05) is 12.1 Å². The third-order valence-electron chi connectivity index (χ3n) is 2.63. The van der Waals surface area contributed by atoms with E-state index >= 15 is 0 Å². The van der Waals surface area contributed by atoms with Crippen LogP contribution in [-0.2, 0) is 0 Å². The highest BCUT2D eigenvalue weighted by Gasteiger charge is 2.18. The van der Waals surface area contributed by atoms with Crippen molar-refractivity contribution in [3.63, 3.8) is 0 Å². The van der Waals surface area contributed by atoms with Gasteiger partial charge in [-0.3, -0.25) is 15.5 Å². The molecule has 1 N–H and O–H groups in total. The number of rotatable bonds is 4. The maximum atomic E-state index is 13.3. The number of hydrazone groups is 1. The van der Waals surface area contributed by atoms with E-state index in [1.165, 1.54) is 24.3 Å². The predicted octanol–water partition coefficient (Wildman–Crippen LogP) is 3.60. The summed E-state index contributed by atoms with van der Waals surface area (Å²) in [5, 5.41) is 14.1. The van der Waals surface area contributed by atoms with E-state index < -0.39 is 33.9 Å². The van der Waals surface area contributed by atoms with Gasteiger partial charge in [0.1, 0.15) is 5.69 Å². The molecule has 0 aliphatic carbocycles. The van der Waals surface area contributed by atoms with Gasteiger partial charge in [-0.15, -0.1) is 0 Å². The van der Waals surface area contributed by atoms with E-state index in [0.29, 0.717) is 0 Å². The molecule has 0 unspecified atom stereocenters. The monoisotopic (exact) mass is 313 g/mol. The van der Waals surface area contributed by atoms with Gasteiger partial charge in [-0.25, -0.2) is 17.6 Å². The van der Waals surface area contributed by atoms with Crippen LogP contribution in [0.1, 0.15) is 5.56 Å². The van der Waals surface area contributed by atoms with Crippen LogP contribution in [0, 0.1) is 33.4 Å². The molecular formula is C13H7F4N3O2. The van der Waals surface area contributed by atoms with E-state index in [-0.39, 0.29) is 17.3 Å². The first-order valence-electron chi connectivity index (χ1n) is 5.77. The summed E-state index contributed by atoms with van der Waals surface area (Å²) in [7, 11) is 0. The minimum atomic E-state index is -1.65. The number of halogens is 4. The van der Waals surface area contributed by atoms with Crippen molar-refractivity contribution in [3.05, 3.63) is 69.3 Å². The minimum absolute atomic E-state index is 0.0395. The molecule has 0 spiro atoms. The van der Waals surface area contributed by atoms with E-state index in [4.69, 9.17) is 0 Å². The fourth-order valence-corrected chi connectivity index (χ4v) is 1.60.